The minimum absolute atomic E-state index is 0.0335. The lowest BCUT2D eigenvalue weighted by Gasteiger charge is -2.46. The molecule has 1 aromatic carbocycles. The van der Waals surface area contributed by atoms with E-state index in [1.54, 1.807) is 24.8 Å². The van der Waals surface area contributed by atoms with Crippen molar-refractivity contribution < 1.29 is 26.4 Å². The molecule has 9 heteroatoms. The van der Waals surface area contributed by atoms with Crippen LogP contribution in [0.15, 0.2) is 30.3 Å². The van der Waals surface area contributed by atoms with Gasteiger partial charge in [-0.3, -0.25) is 4.79 Å². The largest absolute Gasteiger partial charge is 0.416 e. The second-order valence-corrected chi connectivity index (χ2v) is 13.1. The van der Waals surface area contributed by atoms with Gasteiger partial charge in [0.1, 0.15) is 0 Å². The summed E-state index contributed by atoms with van der Waals surface area (Å²) in [6.07, 6.45) is -0.316. The van der Waals surface area contributed by atoms with Crippen molar-refractivity contribution in [3.05, 3.63) is 41.5 Å². The maximum Gasteiger partial charge on any atom is 0.416 e. The van der Waals surface area contributed by atoms with E-state index in [0.29, 0.717) is 43.0 Å². The topological polar surface area (TPSA) is 57.7 Å². The van der Waals surface area contributed by atoms with Crippen LogP contribution in [0.4, 0.5) is 13.2 Å². The van der Waals surface area contributed by atoms with Crippen LogP contribution in [0.1, 0.15) is 64.5 Å². The third-order valence-electron chi connectivity index (χ3n) is 7.63. The first-order valence-corrected chi connectivity index (χ1v) is 14.0. The molecule has 1 amide bonds. The van der Waals surface area contributed by atoms with Gasteiger partial charge in [0, 0.05) is 30.7 Å². The minimum Gasteiger partial charge on any atom is -0.336 e. The van der Waals surface area contributed by atoms with Crippen molar-refractivity contribution in [3.8, 4) is 0 Å². The Morgan fingerprint density at radius 2 is 1.83 bits per heavy atom. The number of sulfone groups is 1. The molecule has 1 aliphatic carbocycles. The average molecular weight is 515 g/mol. The molecule has 1 saturated carbocycles. The van der Waals surface area contributed by atoms with Gasteiger partial charge in [0.15, 0.2) is 9.84 Å². The third-order valence-corrected chi connectivity index (χ3v) is 9.96. The standard InChI is InChI=1S/C26H37F3N2O3S/c1-17(2)30(5)23-9-10-24(21(14-23)16-35(33,34)18(3)4)31-12-11-20(15-25(31)32)19-7-6-8-22(13-19)26(27,28)29/h6-8,13,15,17-18,21,23-24H,9-12,14,16H2,1-5H3/t21-,23+,24-/m0/s1. The lowest BCUT2D eigenvalue weighted by Crippen LogP contribution is -2.53. The van der Waals surface area contributed by atoms with Gasteiger partial charge in [0.25, 0.3) is 0 Å². The lowest BCUT2D eigenvalue weighted by molar-refractivity contribution is -0.137. The van der Waals surface area contributed by atoms with Crippen molar-refractivity contribution >= 4 is 21.3 Å². The summed E-state index contributed by atoms with van der Waals surface area (Å²) in [4.78, 5) is 17.2. The number of hydrogen-bond acceptors (Lipinski definition) is 4. The molecule has 196 valence electrons. The van der Waals surface area contributed by atoms with Crippen molar-refractivity contribution in [2.24, 2.45) is 5.92 Å². The van der Waals surface area contributed by atoms with Crippen molar-refractivity contribution in [3.63, 3.8) is 0 Å². The zero-order valence-electron chi connectivity index (χ0n) is 21.2. The van der Waals surface area contributed by atoms with E-state index in [4.69, 9.17) is 0 Å². The van der Waals surface area contributed by atoms with Gasteiger partial charge < -0.3 is 9.80 Å². The molecule has 1 aliphatic heterocycles. The Hall–Kier alpha value is -1.87. The molecule has 0 unspecified atom stereocenters. The minimum atomic E-state index is -4.45. The average Bonchev–Trinajstić information content (AvgIpc) is 2.78. The third kappa shape index (κ3) is 6.47. The van der Waals surface area contributed by atoms with Gasteiger partial charge in [-0.25, -0.2) is 8.42 Å². The van der Waals surface area contributed by atoms with Crippen LogP contribution in [0.2, 0.25) is 0 Å². The summed E-state index contributed by atoms with van der Waals surface area (Å²) in [5.41, 5.74) is 0.239. The highest BCUT2D eigenvalue weighted by molar-refractivity contribution is 7.91. The van der Waals surface area contributed by atoms with E-state index < -0.39 is 26.8 Å². The molecule has 3 atom stereocenters. The zero-order chi connectivity index (χ0) is 26.1. The van der Waals surface area contributed by atoms with E-state index in [2.05, 4.69) is 25.8 Å². The van der Waals surface area contributed by atoms with Gasteiger partial charge in [-0.2, -0.15) is 13.2 Å². The second-order valence-electron chi connectivity index (χ2n) is 10.5. The van der Waals surface area contributed by atoms with E-state index in [1.807, 2.05) is 0 Å². The maximum atomic E-state index is 13.2. The second kappa shape index (κ2) is 10.6. The number of amides is 1. The van der Waals surface area contributed by atoms with Crippen LogP contribution in [0, 0.1) is 5.92 Å². The highest BCUT2D eigenvalue weighted by Crippen LogP contribution is 2.37. The Morgan fingerprint density at radius 1 is 1.14 bits per heavy atom. The fourth-order valence-electron chi connectivity index (χ4n) is 5.20. The molecule has 0 radical (unpaired) electrons. The lowest BCUT2D eigenvalue weighted by atomic mass is 9.80. The number of rotatable bonds is 7. The van der Waals surface area contributed by atoms with Crippen LogP contribution in [0.3, 0.4) is 0 Å². The number of alkyl halides is 3. The summed E-state index contributed by atoms with van der Waals surface area (Å²) in [6, 6.07) is 5.42. The van der Waals surface area contributed by atoms with E-state index in [-0.39, 0.29) is 29.7 Å². The van der Waals surface area contributed by atoms with E-state index in [9.17, 15) is 26.4 Å². The van der Waals surface area contributed by atoms with Crippen molar-refractivity contribution in [1.29, 1.82) is 0 Å². The Bertz CT molecular complexity index is 1050. The Morgan fingerprint density at radius 3 is 2.40 bits per heavy atom. The monoisotopic (exact) mass is 514 g/mol. The van der Waals surface area contributed by atoms with Crippen molar-refractivity contribution in [2.45, 2.75) is 82.9 Å². The number of carbonyl (C=O) groups is 1. The molecule has 0 N–H and O–H groups in total. The van der Waals surface area contributed by atoms with Crippen LogP contribution >= 0.6 is 0 Å². The number of benzene rings is 1. The van der Waals surface area contributed by atoms with Gasteiger partial charge in [-0.05, 0) is 89.6 Å². The highest BCUT2D eigenvalue weighted by atomic mass is 32.2. The molecule has 3 rings (SSSR count). The van der Waals surface area contributed by atoms with E-state index >= 15 is 0 Å². The maximum absolute atomic E-state index is 13.2. The van der Waals surface area contributed by atoms with Crippen LogP contribution in [0.25, 0.3) is 5.57 Å². The first kappa shape index (κ1) is 27.7. The quantitative estimate of drug-likeness (QED) is 0.513. The number of carbonyl (C=O) groups excluding carboxylic acids is 1. The highest BCUT2D eigenvalue weighted by Gasteiger charge is 2.41. The molecule has 1 aromatic rings. The zero-order valence-corrected chi connectivity index (χ0v) is 22.0. The molecule has 5 nitrogen and oxygen atoms in total. The molecule has 0 saturated heterocycles. The van der Waals surface area contributed by atoms with Gasteiger partial charge in [-0.1, -0.05) is 12.1 Å². The number of nitrogens with zero attached hydrogens (tertiary/aromatic N) is 2. The molecular formula is C26H37F3N2O3S. The van der Waals surface area contributed by atoms with Gasteiger partial charge >= 0.3 is 6.18 Å². The van der Waals surface area contributed by atoms with Gasteiger partial charge in [0.2, 0.25) is 5.91 Å². The fourth-order valence-corrected chi connectivity index (χ4v) is 6.54. The molecule has 1 heterocycles. The first-order chi connectivity index (χ1) is 16.2. The summed E-state index contributed by atoms with van der Waals surface area (Å²) < 4.78 is 65.1. The molecule has 1 fully saturated rings. The predicted molar refractivity (Wildman–Crippen MR) is 132 cm³/mol. The van der Waals surface area contributed by atoms with Crippen molar-refractivity contribution in [2.75, 3.05) is 19.3 Å². The van der Waals surface area contributed by atoms with Crippen LogP contribution < -0.4 is 0 Å². The van der Waals surface area contributed by atoms with E-state index in [0.717, 1.165) is 18.6 Å². The number of halogens is 3. The summed E-state index contributed by atoms with van der Waals surface area (Å²) in [5.74, 6) is -0.405. The molecular weight excluding hydrogens is 477 g/mol. The Labute approximate surface area is 207 Å². The van der Waals surface area contributed by atoms with Gasteiger partial charge in [0.05, 0.1) is 16.6 Å². The molecule has 0 bridgehead atoms. The van der Waals surface area contributed by atoms with Crippen LogP contribution in [-0.2, 0) is 20.8 Å². The van der Waals surface area contributed by atoms with Crippen LogP contribution in [0.5, 0.6) is 0 Å². The Kier molecular flexibility index (Phi) is 8.41. The molecule has 2 aliphatic rings. The molecule has 0 spiro atoms. The summed E-state index contributed by atoms with van der Waals surface area (Å²) in [7, 11) is -1.25. The Balaban J connectivity index is 1.84. The van der Waals surface area contributed by atoms with Crippen molar-refractivity contribution in [1.82, 2.24) is 9.80 Å². The van der Waals surface area contributed by atoms with Gasteiger partial charge in [-0.15, -0.1) is 0 Å². The summed E-state index contributed by atoms with van der Waals surface area (Å²) in [6.45, 7) is 7.96. The SMILES string of the molecule is CC(C)N(C)[C@@H]1CC[C@H](N2CCC(c3cccc(C(F)(F)F)c3)=CC2=O)[C@H](CS(=O)(=O)C(C)C)C1. The van der Waals surface area contributed by atoms with E-state index in [1.165, 1.54) is 12.1 Å². The smallest absolute Gasteiger partial charge is 0.336 e. The summed E-state index contributed by atoms with van der Waals surface area (Å²) in [5, 5.41) is -0.490. The molecule has 35 heavy (non-hydrogen) atoms. The normalized spacial score (nSPS) is 24.4. The number of hydrogen-bond donors (Lipinski definition) is 0. The first-order valence-electron chi connectivity index (χ1n) is 12.3. The fraction of sp³-hybridized carbons (Fsp3) is 0.654. The van der Waals surface area contributed by atoms with Crippen LogP contribution in [-0.4, -0.2) is 66.8 Å². The molecule has 0 aromatic heterocycles. The predicted octanol–water partition coefficient (Wildman–Crippen LogP) is 5.02. The summed E-state index contributed by atoms with van der Waals surface area (Å²) >= 11 is 0.